The zero-order valence-electron chi connectivity index (χ0n) is 10.9. The standard InChI is InChI=1S/C14H20O3/c1-10(2)16-5-6-17-14-11(3)7-13(9-15)8-12(14)4/h7-10H,5-6H2,1-4H3. The highest BCUT2D eigenvalue weighted by Gasteiger charge is 2.06. The van der Waals surface area contributed by atoms with Crippen LogP contribution in [0, 0.1) is 13.8 Å². The van der Waals surface area contributed by atoms with Gasteiger partial charge in [0.05, 0.1) is 12.7 Å². The van der Waals surface area contributed by atoms with Crippen molar-refractivity contribution in [3.63, 3.8) is 0 Å². The lowest BCUT2D eigenvalue weighted by molar-refractivity contribution is 0.0550. The maximum atomic E-state index is 10.7. The summed E-state index contributed by atoms with van der Waals surface area (Å²) in [6.07, 6.45) is 1.07. The van der Waals surface area contributed by atoms with E-state index in [1.807, 2.05) is 39.8 Å². The molecule has 3 nitrogen and oxygen atoms in total. The van der Waals surface area contributed by atoms with Crippen LogP contribution in [0.2, 0.25) is 0 Å². The van der Waals surface area contributed by atoms with Crippen molar-refractivity contribution in [1.29, 1.82) is 0 Å². The van der Waals surface area contributed by atoms with Crippen molar-refractivity contribution in [1.82, 2.24) is 0 Å². The van der Waals surface area contributed by atoms with E-state index in [9.17, 15) is 4.79 Å². The maximum Gasteiger partial charge on any atom is 0.150 e. The Bertz CT molecular complexity index is 360. The van der Waals surface area contributed by atoms with Gasteiger partial charge in [0.15, 0.2) is 0 Å². The normalized spacial score (nSPS) is 10.6. The lowest BCUT2D eigenvalue weighted by atomic mass is 10.1. The number of carbonyl (C=O) groups excluding carboxylic acids is 1. The Morgan fingerprint density at radius 1 is 1.18 bits per heavy atom. The minimum atomic E-state index is 0.221. The Morgan fingerprint density at radius 3 is 2.24 bits per heavy atom. The Balaban J connectivity index is 2.62. The van der Waals surface area contributed by atoms with Crippen molar-refractivity contribution >= 4 is 6.29 Å². The SMILES string of the molecule is Cc1cc(C=O)cc(C)c1OCCOC(C)C. The second kappa shape index (κ2) is 6.40. The highest BCUT2D eigenvalue weighted by Crippen LogP contribution is 2.24. The highest BCUT2D eigenvalue weighted by atomic mass is 16.5. The first-order valence-electron chi connectivity index (χ1n) is 5.85. The number of benzene rings is 1. The van der Waals surface area contributed by atoms with E-state index in [4.69, 9.17) is 9.47 Å². The molecule has 1 aromatic rings. The summed E-state index contributed by atoms with van der Waals surface area (Å²) in [5.41, 5.74) is 2.65. The second-order valence-corrected chi connectivity index (χ2v) is 4.37. The fourth-order valence-corrected chi connectivity index (χ4v) is 1.71. The third-order valence-corrected chi connectivity index (χ3v) is 2.40. The number of ether oxygens (including phenoxy) is 2. The van der Waals surface area contributed by atoms with Crippen molar-refractivity contribution < 1.29 is 14.3 Å². The van der Waals surface area contributed by atoms with Crippen LogP contribution in [0.5, 0.6) is 5.75 Å². The van der Waals surface area contributed by atoms with Gasteiger partial charge in [-0.3, -0.25) is 4.79 Å². The molecule has 1 aromatic carbocycles. The lowest BCUT2D eigenvalue weighted by Crippen LogP contribution is -2.12. The average molecular weight is 236 g/mol. The minimum absolute atomic E-state index is 0.221. The average Bonchev–Trinajstić information content (AvgIpc) is 2.26. The second-order valence-electron chi connectivity index (χ2n) is 4.37. The predicted molar refractivity (Wildman–Crippen MR) is 67.9 cm³/mol. The number of rotatable bonds is 6. The Labute approximate surface area is 103 Å². The third-order valence-electron chi connectivity index (χ3n) is 2.40. The number of hydrogen-bond donors (Lipinski definition) is 0. The molecule has 1 rings (SSSR count). The van der Waals surface area contributed by atoms with E-state index in [-0.39, 0.29) is 6.10 Å². The van der Waals surface area contributed by atoms with Crippen LogP contribution < -0.4 is 4.74 Å². The molecule has 0 aliphatic heterocycles. The van der Waals surface area contributed by atoms with Gasteiger partial charge in [-0.15, -0.1) is 0 Å². The van der Waals surface area contributed by atoms with Gasteiger partial charge in [0.2, 0.25) is 0 Å². The summed E-state index contributed by atoms with van der Waals surface area (Å²) in [7, 11) is 0. The van der Waals surface area contributed by atoms with Gasteiger partial charge in [-0.05, 0) is 51.0 Å². The number of carbonyl (C=O) groups is 1. The Hall–Kier alpha value is -1.35. The van der Waals surface area contributed by atoms with Crippen molar-refractivity contribution in [2.45, 2.75) is 33.8 Å². The van der Waals surface area contributed by atoms with Crippen LogP contribution in [0.25, 0.3) is 0 Å². The molecule has 3 heteroatoms. The van der Waals surface area contributed by atoms with Crippen LogP contribution in [-0.4, -0.2) is 25.6 Å². The summed E-state index contributed by atoms with van der Waals surface area (Å²) >= 11 is 0. The van der Waals surface area contributed by atoms with Gasteiger partial charge in [0, 0.05) is 5.56 Å². The van der Waals surface area contributed by atoms with Gasteiger partial charge in [-0.25, -0.2) is 0 Å². The first-order chi connectivity index (χ1) is 8.04. The zero-order chi connectivity index (χ0) is 12.8. The number of aryl methyl sites for hydroxylation is 2. The molecule has 0 bridgehead atoms. The van der Waals surface area contributed by atoms with E-state index in [0.29, 0.717) is 18.8 Å². The van der Waals surface area contributed by atoms with E-state index in [2.05, 4.69) is 0 Å². The van der Waals surface area contributed by atoms with Gasteiger partial charge in [0.1, 0.15) is 18.6 Å². The van der Waals surface area contributed by atoms with Gasteiger partial charge in [-0.1, -0.05) is 0 Å². The highest BCUT2D eigenvalue weighted by molar-refractivity contribution is 5.76. The van der Waals surface area contributed by atoms with Gasteiger partial charge in [-0.2, -0.15) is 0 Å². The molecule has 0 radical (unpaired) electrons. The van der Waals surface area contributed by atoms with E-state index in [1.165, 1.54) is 0 Å². The summed E-state index contributed by atoms with van der Waals surface area (Å²) in [5.74, 6) is 0.850. The van der Waals surface area contributed by atoms with Crippen LogP contribution in [0.3, 0.4) is 0 Å². The monoisotopic (exact) mass is 236 g/mol. The van der Waals surface area contributed by atoms with Crippen LogP contribution in [0.15, 0.2) is 12.1 Å². The largest absolute Gasteiger partial charge is 0.491 e. The molecule has 0 atom stereocenters. The van der Waals surface area contributed by atoms with Crippen molar-refractivity contribution in [2.75, 3.05) is 13.2 Å². The molecule has 0 saturated heterocycles. The van der Waals surface area contributed by atoms with Gasteiger partial charge in [0.25, 0.3) is 0 Å². The first-order valence-corrected chi connectivity index (χ1v) is 5.85. The van der Waals surface area contributed by atoms with Crippen LogP contribution >= 0.6 is 0 Å². The Kier molecular flexibility index (Phi) is 5.16. The molecule has 0 aliphatic carbocycles. The van der Waals surface area contributed by atoms with E-state index in [0.717, 1.165) is 23.2 Å². The zero-order valence-corrected chi connectivity index (χ0v) is 10.9. The van der Waals surface area contributed by atoms with E-state index in [1.54, 1.807) is 0 Å². The molecule has 0 aromatic heterocycles. The van der Waals surface area contributed by atoms with Crippen LogP contribution in [0.4, 0.5) is 0 Å². The summed E-state index contributed by atoms with van der Waals surface area (Å²) in [6.45, 7) is 8.98. The van der Waals surface area contributed by atoms with E-state index < -0.39 is 0 Å². The van der Waals surface area contributed by atoms with Crippen LogP contribution in [0.1, 0.15) is 35.3 Å². The molecule has 0 N–H and O–H groups in total. The van der Waals surface area contributed by atoms with E-state index >= 15 is 0 Å². The molecular weight excluding hydrogens is 216 g/mol. The summed E-state index contributed by atoms with van der Waals surface area (Å²) < 4.78 is 11.1. The summed E-state index contributed by atoms with van der Waals surface area (Å²) in [4.78, 5) is 10.7. The topological polar surface area (TPSA) is 35.5 Å². The quantitative estimate of drug-likeness (QED) is 0.562. The fourth-order valence-electron chi connectivity index (χ4n) is 1.71. The smallest absolute Gasteiger partial charge is 0.150 e. The molecule has 0 saturated carbocycles. The fraction of sp³-hybridized carbons (Fsp3) is 0.500. The van der Waals surface area contributed by atoms with Gasteiger partial charge < -0.3 is 9.47 Å². The van der Waals surface area contributed by atoms with Crippen molar-refractivity contribution in [3.05, 3.63) is 28.8 Å². The minimum Gasteiger partial charge on any atom is -0.491 e. The molecule has 0 spiro atoms. The summed E-state index contributed by atoms with van der Waals surface area (Å²) in [5, 5.41) is 0. The molecule has 0 amide bonds. The first kappa shape index (κ1) is 13.7. The van der Waals surface area contributed by atoms with Crippen molar-refractivity contribution in [3.8, 4) is 5.75 Å². The molecule has 17 heavy (non-hydrogen) atoms. The molecule has 0 heterocycles. The predicted octanol–water partition coefficient (Wildman–Crippen LogP) is 2.92. The van der Waals surface area contributed by atoms with Gasteiger partial charge >= 0.3 is 0 Å². The molecular formula is C14H20O3. The third kappa shape index (κ3) is 4.19. The number of aldehydes is 1. The molecule has 0 unspecified atom stereocenters. The number of hydrogen-bond acceptors (Lipinski definition) is 3. The van der Waals surface area contributed by atoms with Crippen LogP contribution in [-0.2, 0) is 4.74 Å². The molecule has 94 valence electrons. The lowest BCUT2D eigenvalue weighted by Gasteiger charge is -2.13. The molecule has 0 aliphatic rings. The van der Waals surface area contributed by atoms with Crippen molar-refractivity contribution in [2.24, 2.45) is 0 Å². The summed E-state index contributed by atoms with van der Waals surface area (Å²) in [6, 6.07) is 3.66. The maximum absolute atomic E-state index is 10.7. The molecule has 0 fully saturated rings. The Morgan fingerprint density at radius 2 is 1.76 bits per heavy atom.